The summed E-state index contributed by atoms with van der Waals surface area (Å²) in [5.41, 5.74) is 1.06. The lowest BCUT2D eigenvalue weighted by Crippen LogP contribution is -2.37. The molecule has 1 saturated carbocycles. The summed E-state index contributed by atoms with van der Waals surface area (Å²) in [4.78, 5) is 15.5. The fourth-order valence-corrected chi connectivity index (χ4v) is 3.29. The van der Waals surface area contributed by atoms with Crippen molar-refractivity contribution in [2.24, 2.45) is 5.92 Å². The molecule has 0 aromatic carbocycles. The number of thiazole rings is 1. The van der Waals surface area contributed by atoms with Crippen LogP contribution in [-0.4, -0.2) is 22.1 Å². The fraction of sp³-hybridized carbons (Fsp3) is 0.692. The summed E-state index contributed by atoms with van der Waals surface area (Å²) in [6.45, 7) is 4.10. The van der Waals surface area contributed by atoms with Crippen LogP contribution in [0.25, 0.3) is 0 Å². The van der Waals surface area contributed by atoms with Crippen LogP contribution in [0, 0.1) is 12.8 Å². The zero-order valence-electron chi connectivity index (χ0n) is 10.8. The quantitative estimate of drug-likeness (QED) is 0.881. The van der Waals surface area contributed by atoms with E-state index in [4.69, 9.17) is 5.11 Å². The lowest BCUT2D eigenvalue weighted by molar-refractivity contribution is -0.143. The molecule has 3 atom stereocenters. The normalized spacial score (nSPS) is 25.9. The molecule has 3 unspecified atom stereocenters. The Labute approximate surface area is 111 Å². The Balaban J connectivity index is 1.91. The van der Waals surface area contributed by atoms with Crippen LogP contribution in [0.2, 0.25) is 0 Å². The number of aryl methyl sites for hydroxylation is 1. The van der Waals surface area contributed by atoms with Crippen molar-refractivity contribution in [2.45, 2.75) is 51.6 Å². The van der Waals surface area contributed by atoms with Gasteiger partial charge >= 0.3 is 5.97 Å². The molecule has 1 fully saturated rings. The molecular weight excluding hydrogens is 248 g/mol. The van der Waals surface area contributed by atoms with Crippen LogP contribution in [-0.2, 0) is 4.79 Å². The van der Waals surface area contributed by atoms with Crippen molar-refractivity contribution in [1.29, 1.82) is 0 Å². The number of hydrogen-bond acceptors (Lipinski definition) is 4. The second kappa shape index (κ2) is 5.80. The summed E-state index contributed by atoms with van der Waals surface area (Å²) in [6.07, 6.45) is 3.62. The van der Waals surface area contributed by atoms with E-state index in [2.05, 4.69) is 22.6 Å². The minimum atomic E-state index is -0.654. The van der Waals surface area contributed by atoms with Crippen LogP contribution in [0.1, 0.15) is 49.4 Å². The predicted molar refractivity (Wildman–Crippen MR) is 71.8 cm³/mol. The molecule has 4 nitrogen and oxygen atoms in total. The largest absolute Gasteiger partial charge is 0.481 e. The van der Waals surface area contributed by atoms with Gasteiger partial charge in [-0.1, -0.05) is 6.42 Å². The second-order valence-electron chi connectivity index (χ2n) is 5.08. The maximum Gasteiger partial charge on any atom is 0.306 e. The molecule has 1 aliphatic carbocycles. The predicted octanol–water partition coefficient (Wildman–Crippen LogP) is 2.75. The summed E-state index contributed by atoms with van der Waals surface area (Å²) >= 11 is 1.65. The SMILES string of the molecule is Cc1nc(C(C)NC2CCCC(C(=O)O)C2)cs1. The average Bonchev–Trinajstić information content (AvgIpc) is 2.76. The standard InChI is InChI=1S/C13H20N2O2S/c1-8(12-7-18-9(2)15-12)14-11-5-3-4-10(6-11)13(16)17/h7-8,10-11,14H,3-6H2,1-2H3,(H,16,17). The van der Waals surface area contributed by atoms with Crippen LogP contribution in [0.3, 0.4) is 0 Å². The topological polar surface area (TPSA) is 62.2 Å². The number of nitrogens with one attached hydrogen (secondary N) is 1. The maximum atomic E-state index is 11.0. The molecule has 100 valence electrons. The van der Waals surface area contributed by atoms with Crippen molar-refractivity contribution in [1.82, 2.24) is 10.3 Å². The third-order valence-electron chi connectivity index (χ3n) is 3.59. The Hall–Kier alpha value is -0.940. The molecule has 2 N–H and O–H groups in total. The number of carboxylic acids is 1. The number of aliphatic carboxylic acids is 1. The number of aromatic nitrogens is 1. The molecule has 18 heavy (non-hydrogen) atoms. The van der Waals surface area contributed by atoms with Crippen molar-refractivity contribution in [3.8, 4) is 0 Å². The zero-order valence-corrected chi connectivity index (χ0v) is 11.7. The first-order valence-corrected chi connectivity index (χ1v) is 7.35. The number of carboxylic acid groups (broad SMARTS) is 1. The molecule has 1 heterocycles. The molecule has 1 aromatic rings. The summed E-state index contributed by atoms with van der Waals surface area (Å²) in [5.74, 6) is -0.834. The molecule has 0 aliphatic heterocycles. The van der Waals surface area contributed by atoms with Gasteiger partial charge in [0, 0.05) is 17.5 Å². The van der Waals surface area contributed by atoms with Gasteiger partial charge in [-0.3, -0.25) is 4.79 Å². The van der Waals surface area contributed by atoms with Gasteiger partial charge in [0.05, 0.1) is 16.6 Å². The molecular formula is C13H20N2O2S. The molecule has 2 rings (SSSR count). The highest BCUT2D eigenvalue weighted by Crippen LogP contribution is 2.26. The van der Waals surface area contributed by atoms with Gasteiger partial charge in [-0.05, 0) is 33.1 Å². The fourth-order valence-electron chi connectivity index (χ4n) is 2.58. The van der Waals surface area contributed by atoms with E-state index < -0.39 is 5.97 Å². The van der Waals surface area contributed by atoms with E-state index in [-0.39, 0.29) is 12.0 Å². The van der Waals surface area contributed by atoms with Crippen molar-refractivity contribution in [3.05, 3.63) is 16.1 Å². The van der Waals surface area contributed by atoms with Crippen LogP contribution >= 0.6 is 11.3 Å². The van der Waals surface area contributed by atoms with Gasteiger partial charge in [-0.25, -0.2) is 4.98 Å². The molecule has 0 spiro atoms. The summed E-state index contributed by atoms with van der Waals surface area (Å²) in [5, 5.41) is 15.7. The van der Waals surface area contributed by atoms with E-state index in [1.807, 2.05) is 6.92 Å². The van der Waals surface area contributed by atoms with Crippen LogP contribution in [0.15, 0.2) is 5.38 Å². The van der Waals surface area contributed by atoms with Gasteiger partial charge in [0.1, 0.15) is 0 Å². The molecule has 0 saturated heterocycles. The lowest BCUT2D eigenvalue weighted by Gasteiger charge is -2.29. The van der Waals surface area contributed by atoms with Gasteiger partial charge in [0.15, 0.2) is 0 Å². The molecule has 0 bridgehead atoms. The lowest BCUT2D eigenvalue weighted by atomic mass is 9.85. The number of hydrogen-bond donors (Lipinski definition) is 2. The first kappa shape index (κ1) is 13.5. The number of carbonyl (C=O) groups is 1. The first-order valence-electron chi connectivity index (χ1n) is 6.47. The summed E-state index contributed by atoms with van der Waals surface area (Å²) in [6, 6.07) is 0.504. The average molecular weight is 268 g/mol. The van der Waals surface area contributed by atoms with E-state index in [1.54, 1.807) is 11.3 Å². The van der Waals surface area contributed by atoms with Gasteiger partial charge in [0.2, 0.25) is 0 Å². The van der Waals surface area contributed by atoms with E-state index in [9.17, 15) is 4.79 Å². The van der Waals surface area contributed by atoms with Gasteiger partial charge in [-0.2, -0.15) is 0 Å². The van der Waals surface area contributed by atoms with Crippen LogP contribution < -0.4 is 5.32 Å². The highest BCUT2D eigenvalue weighted by atomic mass is 32.1. The molecule has 0 amide bonds. The van der Waals surface area contributed by atoms with Crippen molar-refractivity contribution < 1.29 is 9.90 Å². The zero-order chi connectivity index (χ0) is 13.1. The molecule has 0 radical (unpaired) electrons. The third kappa shape index (κ3) is 3.29. The molecule has 1 aliphatic rings. The van der Waals surface area contributed by atoms with Crippen molar-refractivity contribution in [2.75, 3.05) is 0 Å². The summed E-state index contributed by atoms with van der Waals surface area (Å²) in [7, 11) is 0. The summed E-state index contributed by atoms with van der Waals surface area (Å²) < 4.78 is 0. The first-order chi connectivity index (χ1) is 8.56. The minimum Gasteiger partial charge on any atom is -0.481 e. The van der Waals surface area contributed by atoms with E-state index in [0.29, 0.717) is 6.04 Å². The second-order valence-corrected chi connectivity index (χ2v) is 6.14. The van der Waals surface area contributed by atoms with E-state index in [1.165, 1.54) is 0 Å². The van der Waals surface area contributed by atoms with Crippen LogP contribution in [0.5, 0.6) is 0 Å². The maximum absolute atomic E-state index is 11.0. The Kier molecular flexibility index (Phi) is 4.35. The smallest absolute Gasteiger partial charge is 0.306 e. The van der Waals surface area contributed by atoms with Crippen molar-refractivity contribution in [3.63, 3.8) is 0 Å². The Bertz CT molecular complexity index is 419. The van der Waals surface area contributed by atoms with Gasteiger partial charge < -0.3 is 10.4 Å². The Morgan fingerprint density at radius 2 is 2.39 bits per heavy atom. The molecule has 5 heteroatoms. The monoisotopic (exact) mass is 268 g/mol. The highest BCUT2D eigenvalue weighted by Gasteiger charge is 2.27. The Morgan fingerprint density at radius 1 is 1.61 bits per heavy atom. The number of nitrogens with zero attached hydrogens (tertiary/aromatic N) is 1. The van der Waals surface area contributed by atoms with Gasteiger partial charge in [-0.15, -0.1) is 11.3 Å². The van der Waals surface area contributed by atoms with Gasteiger partial charge in [0.25, 0.3) is 0 Å². The minimum absolute atomic E-state index is 0.180. The van der Waals surface area contributed by atoms with Crippen LogP contribution in [0.4, 0.5) is 0 Å². The highest BCUT2D eigenvalue weighted by molar-refractivity contribution is 7.09. The van der Waals surface area contributed by atoms with E-state index >= 15 is 0 Å². The van der Waals surface area contributed by atoms with E-state index in [0.717, 1.165) is 36.4 Å². The third-order valence-corrected chi connectivity index (χ3v) is 4.38. The molecule has 1 aromatic heterocycles. The van der Waals surface area contributed by atoms with Crippen molar-refractivity contribution >= 4 is 17.3 Å². The number of rotatable bonds is 4. The Morgan fingerprint density at radius 3 is 3.00 bits per heavy atom.